The predicted molar refractivity (Wildman–Crippen MR) is 72.5 cm³/mol. The molecule has 0 saturated heterocycles. The number of guanidine groups is 2. The fraction of sp³-hybridized carbons (Fsp3) is 0.333. The Hall–Kier alpha value is -2.04. The third-order valence-electron chi connectivity index (χ3n) is 2.35. The van der Waals surface area contributed by atoms with Crippen LogP contribution in [-0.2, 0) is 0 Å². The maximum atomic E-state index is 5.74. The number of hydrogen-bond acceptors (Lipinski definition) is 1. The van der Waals surface area contributed by atoms with Crippen molar-refractivity contribution in [1.29, 1.82) is 0 Å². The molecule has 1 aromatic rings. The molecule has 5 heteroatoms. The van der Waals surface area contributed by atoms with Crippen LogP contribution in [0, 0.1) is 13.8 Å². The van der Waals surface area contributed by atoms with Gasteiger partial charge in [0, 0.05) is 14.1 Å². The minimum Gasteiger partial charge on any atom is -0.369 e. The van der Waals surface area contributed by atoms with Gasteiger partial charge in [-0.25, -0.2) is 4.99 Å². The average molecular weight is 233 g/mol. The molecule has 0 atom stereocenters. The molecule has 92 valence electrons. The van der Waals surface area contributed by atoms with E-state index in [4.69, 9.17) is 11.5 Å². The third kappa shape index (κ3) is 3.48. The van der Waals surface area contributed by atoms with Crippen LogP contribution in [0.25, 0.3) is 0 Å². The number of aryl methyl sites for hydroxylation is 2. The summed E-state index contributed by atoms with van der Waals surface area (Å²) in [5.41, 5.74) is 14.4. The molecule has 1 aromatic carbocycles. The summed E-state index contributed by atoms with van der Waals surface area (Å²) in [5.74, 6) is 0.492. The summed E-state index contributed by atoms with van der Waals surface area (Å²) in [6.07, 6.45) is 0. The molecule has 0 amide bonds. The van der Waals surface area contributed by atoms with E-state index in [2.05, 4.69) is 9.98 Å². The Morgan fingerprint density at radius 3 is 2.12 bits per heavy atom. The van der Waals surface area contributed by atoms with Gasteiger partial charge in [0.25, 0.3) is 0 Å². The normalized spacial score (nSPS) is 12.7. The molecule has 0 saturated carbocycles. The summed E-state index contributed by atoms with van der Waals surface area (Å²) in [7, 11) is 3.59. The molecule has 0 aliphatic carbocycles. The molecule has 1 rings (SSSR count). The molecule has 0 spiro atoms. The van der Waals surface area contributed by atoms with Gasteiger partial charge >= 0.3 is 0 Å². The molecule has 4 N–H and O–H groups in total. The molecule has 17 heavy (non-hydrogen) atoms. The SMILES string of the molecule is Cc1cccc(C)c1N=C(N)/N=C(/N)N(C)C. The third-order valence-corrected chi connectivity index (χ3v) is 2.35. The first-order valence-electron chi connectivity index (χ1n) is 5.33. The molecule has 0 unspecified atom stereocenters. The Bertz CT molecular complexity index is 440. The number of rotatable bonds is 1. The highest BCUT2D eigenvalue weighted by Gasteiger charge is 2.02. The van der Waals surface area contributed by atoms with Gasteiger partial charge in [0.2, 0.25) is 5.96 Å². The quantitative estimate of drug-likeness (QED) is 0.563. The molecule has 0 fully saturated rings. The van der Waals surface area contributed by atoms with Crippen LogP contribution in [0.2, 0.25) is 0 Å². The monoisotopic (exact) mass is 233 g/mol. The van der Waals surface area contributed by atoms with Gasteiger partial charge in [-0.15, -0.1) is 0 Å². The zero-order chi connectivity index (χ0) is 13.0. The van der Waals surface area contributed by atoms with Crippen LogP contribution < -0.4 is 11.5 Å². The first-order chi connectivity index (χ1) is 7.91. The van der Waals surface area contributed by atoms with Crippen LogP contribution in [0.1, 0.15) is 11.1 Å². The van der Waals surface area contributed by atoms with E-state index in [1.165, 1.54) is 0 Å². The van der Waals surface area contributed by atoms with Gasteiger partial charge in [-0.1, -0.05) is 18.2 Å². The topological polar surface area (TPSA) is 80.0 Å². The van der Waals surface area contributed by atoms with Gasteiger partial charge in [-0.05, 0) is 25.0 Å². The van der Waals surface area contributed by atoms with Crippen LogP contribution >= 0.6 is 0 Å². The van der Waals surface area contributed by atoms with E-state index in [0.29, 0.717) is 5.96 Å². The highest BCUT2D eigenvalue weighted by Crippen LogP contribution is 2.22. The van der Waals surface area contributed by atoms with E-state index in [1.807, 2.05) is 32.0 Å². The second-order valence-electron chi connectivity index (χ2n) is 4.07. The number of para-hydroxylation sites is 1. The maximum absolute atomic E-state index is 5.74. The van der Waals surface area contributed by atoms with Gasteiger partial charge in [0.1, 0.15) is 0 Å². The van der Waals surface area contributed by atoms with Crippen molar-refractivity contribution < 1.29 is 0 Å². The highest BCUT2D eigenvalue weighted by atomic mass is 15.2. The van der Waals surface area contributed by atoms with Gasteiger partial charge in [0.05, 0.1) is 5.69 Å². The fourth-order valence-corrected chi connectivity index (χ4v) is 1.34. The van der Waals surface area contributed by atoms with Crippen LogP contribution in [0.4, 0.5) is 5.69 Å². The molecular weight excluding hydrogens is 214 g/mol. The number of hydrogen-bond donors (Lipinski definition) is 2. The van der Waals surface area contributed by atoms with Crippen molar-refractivity contribution in [2.45, 2.75) is 13.8 Å². The largest absolute Gasteiger partial charge is 0.369 e. The number of nitrogens with zero attached hydrogens (tertiary/aromatic N) is 3. The average Bonchev–Trinajstić information content (AvgIpc) is 2.23. The Morgan fingerprint density at radius 2 is 1.65 bits per heavy atom. The first-order valence-corrected chi connectivity index (χ1v) is 5.33. The van der Waals surface area contributed by atoms with Crippen LogP contribution in [0.5, 0.6) is 0 Å². The highest BCUT2D eigenvalue weighted by molar-refractivity contribution is 5.94. The summed E-state index contributed by atoms with van der Waals surface area (Å²) < 4.78 is 0. The van der Waals surface area contributed by atoms with E-state index in [-0.39, 0.29) is 5.96 Å². The molecule has 0 aromatic heterocycles. The smallest absolute Gasteiger partial charge is 0.223 e. The molecule has 0 heterocycles. The van der Waals surface area contributed by atoms with Crippen LogP contribution in [0.15, 0.2) is 28.2 Å². The maximum Gasteiger partial charge on any atom is 0.223 e. The molecule has 0 radical (unpaired) electrons. The van der Waals surface area contributed by atoms with E-state index in [1.54, 1.807) is 19.0 Å². The molecule has 0 bridgehead atoms. The minimum atomic E-state index is 0.161. The van der Waals surface area contributed by atoms with Crippen molar-refractivity contribution >= 4 is 17.6 Å². The lowest BCUT2D eigenvalue weighted by atomic mass is 10.1. The van der Waals surface area contributed by atoms with E-state index in [0.717, 1.165) is 16.8 Å². The molecule has 5 nitrogen and oxygen atoms in total. The minimum absolute atomic E-state index is 0.161. The fourth-order valence-electron chi connectivity index (χ4n) is 1.34. The van der Waals surface area contributed by atoms with Crippen molar-refractivity contribution in [3.8, 4) is 0 Å². The summed E-state index contributed by atoms with van der Waals surface area (Å²) in [4.78, 5) is 9.96. The van der Waals surface area contributed by atoms with Gasteiger partial charge in [-0.3, -0.25) is 0 Å². The summed E-state index contributed by atoms with van der Waals surface area (Å²) >= 11 is 0. The molecular formula is C12H19N5. The zero-order valence-corrected chi connectivity index (χ0v) is 10.7. The van der Waals surface area contributed by atoms with Crippen molar-refractivity contribution in [2.24, 2.45) is 21.5 Å². The Balaban J connectivity index is 3.08. The lowest BCUT2D eigenvalue weighted by Crippen LogP contribution is -2.32. The standard InChI is InChI=1S/C12H19N5/c1-8-6-5-7-9(2)10(8)15-11(13)16-12(14)17(3)4/h5-7H,1-4H3,(H4,13,14,15,16). The second kappa shape index (κ2) is 5.34. The number of aliphatic imine (C=N–C) groups is 2. The number of nitrogens with two attached hydrogens (primary N) is 2. The number of benzene rings is 1. The lowest BCUT2D eigenvalue weighted by molar-refractivity contribution is 0.615. The molecule has 0 aliphatic heterocycles. The van der Waals surface area contributed by atoms with Gasteiger partial charge in [0.15, 0.2) is 5.96 Å². The predicted octanol–water partition coefficient (Wildman–Crippen LogP) is 1.13. The van der Waals surface area contributed by atoms with Gasteiger partial charge < -0.3 is 16.4 Å². The molecule has 0 aliphatic rings. The van der Waals surface area contributed by atoms with Crippen molar-refractivity contribution in [2.75, 3.05) is 14.1 Å². The summed E-state index contributed by atoms with van der Waals surface area (Å²) in [5, 5.41) is 0. The van der Waals surface area contributed by atoms with Crippen molar-refractivity contribution in [3.05, 3.63) is 29.3 Å². The first kappa shape index (κ1) is 13.0. The van der Waals surface area contributed by atoms with E-state index in [9.17, 15) is 0 Å². The van der Waals surface area contributed by atoms with Crippen LogP contribution in [0.3, 0.4) is 0 Å². The summed E-state index contributed by atoms with van der Waals surface area (Å²) in [6.45, 7) is 3.97. The van der Waals surface area contributed by atoms with Crippen molar-refractivity contribution in [3.63, 3.8) is 0 Å². The van der Waals surface area contributed by atoms with Crippen LogP contribution in [-0.4, -0.2) is 30.9 Å². The lowest BCUT2D eigenvalue weighted by Gasteiger charge is -2.10. The Morgan fingerprint density at radius 1 is 1.12 bits per heavy atom. The second-order valence-corrected chi connectivity index (χ2v) is 4.07. The zero-order valence-electron chi connectivity index (χ0n) is 10.7. The Labute approximate surface area is 102 Å². The van der Waals surface area contributed by atoms with Gasteiger partial charge in [-0.2, -0.15) is 4.99 Å². The van der Waals surface area contributed by atoms with Crippen molar-refractivity contribution in [1.82, 2.24) is 4.90 Å². The van der Waals surface area contributed by atoms with E-state index >= 15 is 0 Å². The van der Waals surface area contributed by atoms with E-state index < -0.39 is 0 Å². The summed E-state index contributed by atoms with van der Waals surface area (Å²) in [6, 6.07) is 5.95. The Kier molecular flexibility index (Phi) is 4.09.